The lowest BCUT2D eigenvalue weighted by Crippen LogP contribution is -2.39. The lowest BCUT2D eigenvalue weighted by Gasteiger charge is -2.32. The highest BCUT2D eigenvalue weighted by molar-refractivity contribution is 6.42. The van der Waals surface area contributed by atoms with Gasteiger partial charge >= 0.3 is 0 Å². The first-order valence-corrected chi connectivity index (χ1v) is 11.4. The smallest absolute Gasteiger partial charge is 0.227 e. The van der Waals surface area contributed by atoms with Crippen molar-refractivity contribution in [2.45, 2.75) is 25.3 Å². The Morgan fingerprint density at radius 1 is 1.06 bits per heavy atom. The average molecular weight is 465 g/mol. The van der Waals surface area contributed by atoms with Gasteiger partial charge in [-0.05, 0) is 61.3 Å². The highest BCUT2D eigenvalue weighted by atomic mass is 35.5. The van der Waals surface area contributed by atoms with Crippen LogP contribution in [-0.2, 0) is 16.0 Å². The number of halogens is 2. The van der Waals surface area contributed by atoms with Gasteiger partial charge in [0.1, 0.15) is 12.4 Å². The fourth-order valence-electron chi connectivity index (χ4n) is 3.81. The summed E-state index contributed by atoms with van der Waals surface area (Å²) in [7, 11) is 3.53. The van der Waals surface area contributed by atoms with E-state index in [0.29, 0.717) is 23.3 Å². The Morgan fingerprint density at radius 2 is 1.77 bits per heavy atom. The van der Waals surface area contributed by atoms with Gasteiger partial charge in [0.05, 0.1) is 29.1 Å². The second kappa shape index (κ2) is 11.7. The molecule has 7 heteroatoms. The van der Waals surface area contributed by atoms with Crippen LogP contribution in [0.15, 0.2) is 42.5 Å². The molecule has 2 aromatic rings. The highest BCUT2D eigenvalue weighted by Crippen LogP contribution is 2.27. The summed E-state index contributed by atoms with van der Waals surface area (Å²) in [5.41, 5.74) is 1.95. The van der Waals surface area contributed by atoms with Crippen molar-refractivity contribution < 1.29 is 14.3 Å². The Morgan fingerprint density at radius 3 is 2.42 bits per heavy atom. The summed E-state index contributed by atoms with van der Waals surface area (Å²) in [5.74, 6) is 0.841. The molecular formula is C24H30Cl2N2O3. The number of nitrogens with zero attached hydrogens (tertiary/aromatic N) is 2. The number of carbonyl (C=O) groups is 1. The van der Waals surface area contributed by atoms with Crippen molar-refractivity contribution in [3.8, 4) is 5.75 Å². The monoisotopic (exact) mass is 464 g/mol. The third kappa shape index (κ3) is 6.84. The molecule has 1 fully saturated rings. The van der Waals surface area contributed by atoms with Gasteiger partial charge in [0.25, 0.3) is 0 Å². The zero-order chi connectivity index (χ0) is 22.2. The lowest BCUT2D eigenvalue weighted by molar-refractivity contribution is -0.131. The van der Waals surface area contributed by atoms with E-state index in [2.05, 4.69) is 4.90 Å². The van der Waals surface area contributed by atoms with Crippen molar-refractivity contribution in [1.29, 1.82) is 0 Å². The van der Waals surface area contributed by atoms with Crippen LogP contribution >= 0.6 is 23.2 Å². The zero-order valence-corrected chi connectivity index (χ0v) is 19.7. The molecule has 168 valence electrons. The molecule has 0 saturated carbocycles. The van der Waals surface area contributed by atoms with Gasteiger partial charge in [0, 0.05) is 20.7 Å². The molecule has 0 aliphatic carbocycles. The predicted molar refractivity (Wildman–Crippen MR) is 125 cm³/mol. The van der Waals surface area contributed by atoms with Gasteiger partial charge in [0.15, 0.2) is 0 Å². The fourth-order valence-corrected chi connectivity index (χ4v) is 4.13. The number of ether oxygens (including phenoxy) is 2. The molecule has 1 saturated heterocycles. The summed E-state index contributed by atoms with van der Waals surface area (Å²) in [6.45, 7) is 4.01. The molecule has 1 aliphatic rings. The van der Waals surface area contributed by atoms with Crippen LogP contribution in [0, 0.1) is 0 Å². The van der Waals surface area contributed by atoms with E-state index >= 15 is 0 Å². The second-order valence-corrected chi connectivity index (χ2v) is 8.68. The minimum absolute atomic E-state index is 0.0404. The maximum atomic E-state index is 13.1. The Labute approximate surface area is 194 Å². The van der Waals surface area contributed by atoms with Crippen LogP contribution in [0.1, 0.15) is 30.0 Å². The molecule has 1 amide bonds. The van der Waals surface area contributed by atoms with E-state index < -0.39 is 0 Å². The van der Waals surface area contributed by atoms with Gasteiger partial charge < -0.3 is 19.3 Å². The van der Waals surface area contributed by atoms with E-state index in [1.165, 1.54) is 12.8 Å². The van der Waals surface area contributed by atoms with Gasteiger partial charge in [-0.25, -0.2) is 0 Å². The van der Waals surface area contributed by atoms with Crippen molar-refractivity contribution >= 4 is 29.1 Å². The maximum Gasteiger partial charge on any atom is 0.227 e. The van der Waals surface area contributed by atoms with Gasteiger partial charge in [-0.2, -0.15) is 0 Å². The van der Waals surface area contributed by atoms with Crippen molar-refractivity contribution in [2.75, 3.05) is 47.0 Å². The summed E-state index contributed by atoms with van der Waals surface area (Å²) in [4.78, 5) is 17.4. The summed E-state index contributed by atoms with van der Waals surface area (Å²) in [6.07, 6.45) is 2.70. The largest absolute Gasteiger partial charge is 0.491 e. The molecule has 0 unspecified atom stereocenters. The van der Waals surface area contributed by atoms with Crippen LogP contribution < -0.4 is 4.74 Å². The van der Waals surface area contributed by atoms with Crippen LogP contribution in [0.4, 0.5) is 0 Å². The Hall–Kier alpha value is -1.79. The van der Waals surface area contributed by atoms with Crippen LogP contribution in [0.3, 0.4) is 0 Å². The third-order valence-corrected chi connectivity index (χ3v) is 6.39. The van der Waals surface area contributed by atoms with E-state index in [4.69, 9.17) is 32.7 Å². The zero-order valence-electron chi connectivity index (χ0n) is 18.2. The number of amides is 1. The molecule has 31 heavy (non-hydrogen) atoms. The SMILES string of the molecule is COCCOc1ccc([C@@H](CN2CCCC2)N(C)C(=O)Cc2ccc(Cl)c(Cl)c2)cc1. The molecule has 1 atom stereocenters. The molecule has 0 N–H and O–H groups in total. The summed E-state index contributed by atoms with van der Waals surface area (Å²) in [5, 5.41) is 0.957. The van der Waals surface area contributed by atoms with E-state index in [0.717, 1.165) is 36.5 Å². The molecule has 0 aromatic heterocycles. The van der Waals surface area contributed by atoms with Crippen molar-refractivity contribution in [3.63, 3.8) is 0 Å². The molecule has 2 aromatic carbocycles. The Balaban J connectivity index is 1.73. The van der Waals surface area contributed by atoms with Gasteiger partial charge in [-0.1, -0.05) is 41.4 Å². The number of carbonyl (C=O) groups excluding carboxylic acids is 1. The summed E-state index contributed by atoms with van der Waals surface area (Å²) < 4.78 is 10.7. The number of hydrogen-bond donors (Lipinski definition) is 0. The van der Waals surface area contributed by atoms with Crippen LogP contribution in [0.5, 0.6) is 5.75 Å². The standard InChI is InChI=1S/C24H30Cl2N2O3/c1-27(24(29)16-18-5-10-21(25)22(26)15-18)23(17-28-11-3-4-12-28)19-6-8-20(9-7-19)31-14-13-30-2/h5-10,15,23H,3-4,11-14,16-17H2,1-2H3/t23-/m1/s1. The highest BCUT2D eigenvalue weighted by Gasteiger charge is 2.26. The molecule has 5 nitrogen and oxygen atoms in total. The lowest BCUT2D eigenvalue weighted by atomic mass is 10.0. The molecule has 3 rings (SSSR count). The first-order valence-electron chi connectivity index (χ1n) is 10.6. The van der Waals surface area contributed by atoms with Crippen LogP contribution in [-0.4, -0.2) is 62.7 Å². The molecule has 1 aliphatic heterocycles. The molecule has 0 bridgehead atoms. The maximum absolute atomic E-state index is 13.1. The fraction of sp³-hybridized carbons (Fsp3) is 0.458. The van der Waals surface area contributed by atoms with Crippen molar-refractivity contribution in [3.05, 3.63) is 63.6 Å². The number of likely N-dealkylation sites (N-methyl/N-ethyl adjacent to an activating group) is 1. The van der Waals surface area contributed by atoms with Crippen molar-refractivity contribution in [1.82, 2.24) is 9.80 Å². The molecule has 0 radical (unpaired) electrons. The molecular weight excluding hydrogens is 435 g/mol. The quantitative estimate of drug-likeness (QED) is 0.471. The number of hydrogen-bond acceptors (Lipinski definition) is 4. The second-order valence-electron chi connectivity index (χ2n) is 7.86. The number of methoxy groups -OCH3 is 1. The first kappa shape index (κ1) is 23.9. The van der Waals surface area contributed by atoms with Crippen LogP contribution in [0.25, 0.3) is 0 Å². The minimum atomic E-state index is -0.0404. The summed E-state index contributed by atoms with van der Waals surface area (Å²) in [6, 6.07) is 13.3. The number of rotatable bonds is 10. The first-order chi connectivity index (χ1) is 15.0. The van der Waals surface area contributed by atoms with Crippen molar-refractivity contribution in [2.24, 2.45) is 0 Å². The summed E-state index contributed by atoms with van der Waals surface area (Å²) >= 11 is 12.1. The molecule has 1 heterocycles. The van der Waals surface area contributed by atoms with Gasteiger partial charge in [0.2, 0.25) is 5.91 Å². The number of benzene rings is 2. The van der Waals surface area contributed by atoms with E-state index in [1.54, 1.807) is 19.2 Å². The minimum Gasteiger partial charge on any atom is -0.491 e. The Bertz CT molecular complexity index is 854. The normalized spacial score (nSPS) is 15.1. The van der Waals surface area contributed by atoms with Gasteiger partial charge in [-0.3, -0.25) is 4.79 Å². The van der Waals surface area contributed by atoms with Crippen LogP contribution in [0.2, 0.25) is 10.0 Å². The third-order valence-electron chi connectivity index (χ3n) is 5.65. The molecule has 0 spiro atoms. The van der Waals surface area contributed by atoms with E-state index in [-0.39, 0.29) is 18.4 Å². The number of likely N-dealkylation sites (tertiary alicyclic amines) is 1. The average Bonchev–Trinajstić information content (AvgIpc) is 3.28. The van der Waals surface area contributed by atoms with E-state index in [1.807, 2.05) is 42.3 Å². The van der Waals surface area contributed by atoms with Gasteiger partial charge in [-0.15, -0.1) is 0 Å². The van der Waals surface area contributed by atoms with E-state index in [9.17, 15) is 4.79 Å². The topological polar surface area (TPSA) is 42.0 Å². The Kier molecular flexibility index (Phi) is 9.02. The predicted octanol–water partition coefficient (Wildman–Crippen LogP) is 4.86.